The van der Waals surface area contributed by atoms with E-state index in [0.29, 0.717) is 0 Å². The van der Waals surface area contributed by atoms with Gasteiger partial charge in [-0.15, -0.1) is 0 Å². The zero-order valence-corrected chi connectivity index (χ0v) is 10.8. The van der Waals surface area contributed by atoms with E-state index in [1.807, 2.05) is 13.8 Å². The minimum atomic E-state index is -0.0323. The van der Waals surface area contributed by atoms with Crippen molar-refractivity contribution in [1.29, 1.82) is 0 Å². The van der Waals surface area contributed by atoms with Crippen LogP contribution in [-0.2, 0) is 9.47 Å². The van der Waals surface area contributed by atoms with Crippen LogP contribution in [-0.4, -0.2) is 19.5 Å². The van der Waals surface area contributed by atoms with Crippen molar-refractivity contribution in [2.45, 2.75) is 72.0 Å². The highest BCUT2D eigenvalue weighted by Gasteiger charge is 1.99. The molecule has 0 radical (unpaired) electrons. The first kappa shape index (κ1) is 14.9. The van der Waals surface area contributed by atoms with Crippen molar-refractivity contribution < 1.29 is 9.47 Å². The molecule has 2 nitrogen and oxygen atoms in total. The van der Waals surface area contributed by atoms with Gasteiger partial charge in [0.05, 0.1) is 0 Å². The number of unbranched alkanes of at least 4 members (excludes halogenated alkanes) is 6. The van der Waals surface area contributed by atoms with Gasteiger partial charge in [-0.25, -0.2) is 0 Å². The van der Waals surface area contributed by atoms with Gasteiger partial charge in [-0.1, -0.05) is 45.4 Å². The maximum atomic E-state index is 5.49. The predicted molar refractivity (Wildman–Crippen MR) is 65.0 cm³/mol. The van der Waals surface area contributed by atoms with Gasteiger partial charge in [0.2, 0.25) is 0 Å². The van der Waals surface area contributed by atoms with Crippen LogP contribution < -0.4 is 0 Å². The number of hydrogen-bond acceptors (Lipinski definition) is 2. The molecule has 0 bridgehead atoms. The number of hydrogen-bond donors (Lipinski definition) is 0. The first-order valence-corrected chi connectivity index (χ1v) is 6.54. The van der Waals surface area contributed by atoms with Crippen LogP contribution in [0.3, 0.4) is 0 Å². The molecule has 0 fully saturated rings. The highest BCUT2D eigenvalue weighted by Crippen LogP contribution is 2.07. The molecule has 0 aliphatic heterocycles. The van der Waals surface area contributed by atoms with Crippen molar-refractivity contribution >= 4 is 0 Å². The lowest BCUT2D eigenvalue weighted by molar-refractivity contribution is -0.127. The molecule has 0 N–H and O–H groups in total. The number of rotatable bonds is 11. The SMILES string of the molecule is CCCCCCCCCOC(C)OCC. The maximum Gasteiger partial charge on any atom is 0.154 e. The smallest absolute Gasteiger partial charge is 0.154 e. The molecule has 0 heterocycles. The Labute approximate surface area is 95.3 Å². The molecule has 1 unspecified atom stereocenters. The highest BCUT2D eigenvalue weighted by molar-refractivity contribution is 4.45. The Balaban J connectivity index is 2.98. The molecule has 0 aromatic rings. The lowest BCUT2D eigenvalue weighted by Gasteiger charge is -2.12. The summed E-state index contributed by atoms with van der Waals surface area (Å²) in [6.07, 6.45) is 9.28. The summed E-state index contributed by atoms with van der Waals surface area (Å²) in [5, 5.41) is 0. The van der Waals surface area contributed by atoms with Crippen LogP contribution >= 0.6 is 0 Å². The molecule has 0 saturated carbocycles. The van der Waals surface area contributed by atoms with E-state index in [1.165, 1.54) is 44.9 Å². The average molecular weight is 216 g/mol. The summed E-state index contributed by atoms with van der Waals surface area (Å²) in [5.74, 6) is 0. The van der Waals surface area contributed by atoms with E-state index in [1.54, 1.807) is 0 Å². The van der Waals surface area contributed by atoms with Crippen LogP contribution in [0.25, 0.3) is 0 Å². The topological polar surface area (TPSA) is 18.5 Å². The molecule has 0 rings (SSSR count). The summed E-state index contributed by atoms with van der Waals surface area (Å²) >= 11 is 0. The second kappa shape index (κ2) is 12.0. The molecule has 0 saturated heterocycles. The molecule has 0 aromatic carbocycles. The Kier molecular flexibility index (Phi) is 11.9. The largest absolute Gasteiger partial charge is 0.353 e. The molecule has 0 aliphatic carbocycles. The van der Waals surface area contributed by atoms with Crippen molar-refractivity contribution in [3.8, 4) is 0 Å². The fraction of sp³-hybridized carbons (Fsp3) is 1.00. The standard InChI is InChI=1S/C13H28O2/c1-4-6-7-8-9-10-11-12-15-13(3)14-5-2/h13H,4-12H2,1-3H3. The van der Waals surface area contributed by atoms with Crippen molar-refractivity contribution in [2.24, 2.45) is 0 Å². The third kappa shape index (κ3) is 11.8. The summed E-state index contributed by atoms with van der Waals surface area (Å²) in [6.45, 7) is 7.79. The normalized spacial score (nSPS) is 13.0. The molecule has 2 heteroatoms. The molecule has 0 amide bonds. The first-order valence-electron chi connectivity index (χ1n) is 6.54. The van der Waals surface area contributed by atoms with Crippen LogP contribution in [0.1, 0.15) is 65.7 Å². The van der Waals surface area contributed by atoms with Gasteiger partial charge in [0.15, 0.2) is 6.29 Å². The van der Waals surface area contributed by atoms with Gasteiger partial charge in [-0.05, 0) is 20.3 Å². The van der Waals surface area contributed by atoms with Crippen LogP contribution in [0, 0.1) is 0 Å². The summed E-state index contributed by atoms with van der Waals surface area (Å²) in [4.78, 5) is 0. The monoisotopic (exact) mass is 216 g/mol. The summed E-state index contributed by atoms with van der Waals surface area (Å²) in [5.41, 5.74) is 0. The Hall–Kier alpha value is -0.0800. The lowest BCUT2D eigenvalue weighted by atomic mass is 10.1. The molecule has 1 atom stereocenters. The second-order valence-electron chi connectivity index (χ2n) is 4.02. The predicted octanol–water partition coefficient (Wildman–Crippen LogP) is 4.14. The van der Waals surface area contributed by atoms with Crippen LogP contribution in [0.2, 0.25) is 0 Å². The zero-order valence-electron chi connectivity index (χ0n) is 10.8. The molecule has 15 heavy (non-hydrogen) atoms. The van der Waals surface area contributed by atoms with Crippen LogP contribution in [0.5, 0.6) is 0 Å². The highest BCUT2D eigenvalue weighted by atomic mass is 16.7. The zero-order chi connectivity index (χ0) is 11.4. The maximum absolute atomic E-state index is 5.49. The minimum Gasteiger partial charge on any atom is -0.353 e. The fourth-order valence-corrected chi connectivity index (χ4v) is 1.59. The Morgan fingerprint density at radius 3 is 2.00 bits per heavy atom. The second-order valence-corrected chi connectivity index (χ2v) is 4.02. The first-order chi connectivity index (χ1) is 7.31. The van der Waals surface area contributed by atoms with E-state index in [2.05, 4.69) is 6.92 Å². The van der Waals surface area contributed by atoms with Gasteiger partial charge in [-0.3, -0.25) is 0 Å². The van der Waals surface area contributed by atoms with Crippen LogP contribution in [0.15, 0.2) is 0 Å². The van der Waals surface area contributed by atoms with Gasteiger partial charge < -0.3 is 9.47 Å². The molecule has 0 aliphatic rings. The van der Waals surface area contributed by atoms with Gasteiger partial charge >= 0.3 is 0 Å². The van der Waals surface area contributed by atoms with Crippen molar-refractivity contribution in [1.82, 2.24) is 0 Å². The minimum absolute atomic E-state index is 0.0323. The van der Waals surface area contributed by atoms with E-state index >= 15 is 0 Å². The Morgan fingerprint density at radius 1 is 0.800 bits per heavy atom. The van der Waals surface area contributed by atoms with Crippen molar-refractivity contribution in [3.05, 3.63) is 0 Å². The lowest BCUT2D eigenvalue weighted by Crippen LogP contribution is -2.13. The molecule has 0 aromatic heterocycles. The quantitative estimate of drug-likeness (QED) is 0.382. The van der Waals surface area contributed by atoms with Gasteiger partial charge in [0.25, 0.3) is 0 Å². The molecular formula is C13H28O2. The van der Waals surface area contributed by atoms with E-state index in [0.717, 1.165) is 13.2 Å². The fourth-order valence-electron chi connectivity index (χ4n) is 1.59. The van der Waals surface area contributed by atoms with Gasteiger partial charge in [0.1, 0.15) is 0 Å². The van der Waals surface area contributed by atoms with Crippen molar-refractivity contribution in [3.63, 3.8) is 0 Å². The van der Waals surface area contributed by atoms with Crippen LogP contribution in [0.4, 0.5) is 0 Å². The molecule has 92 valence electrons. The van der Waals surface area contributed by atoms with Gasteiger partial charge in [0, 0.05) is 13.2 Å². The van der Waals surface area contributed by atoms with E-state index in [4.69, 9.17) is 9.47 Å². The molecular weight excluding hydrogens is 188 g/mol. The number of ether oxygens (including phenoxy) is 2. The Morgan fingerprint density at radius 2 is 1.40 bits per heavy atom. The molecule has 0 spiro atoms. The van der Waals surface area contributed by atoms with Gasteiger partial charge in [-0.2, -0.15) is 0 Å². The third-order valence-electron chi connectivity index (χ3n) is 2.50. The van der Waals surface area contributed by atoms with E-state index < -0.39 is 0 Å². The summed E-state index contributed by atoms with van der Waals surface area (Å²) in [6, 6.07) is 0. The summed E-state index contributed by atoms with van der Waals surface area (Å²) < 4.78 is 10.8. The Bertz CT molecular complexity index is 115. The third-order valence-corrected chi connectivity index (χ3v) is 2.50. The van der Waals surface area contributed by atoms with Crippen molar-refractivity contribution in [2.75, 3.05) is 13.2 Å². The van der Waals surface area contributed by atoms with E-state index in [9.17, 15) is 0 Å². The summed E-state index contributed by atoms with van der Waals surface area (Å²) in [7, 11) is 0. The van der Waals surface area contributed by atoms with E-state index in [-0.39, 0.29) is 6.29 Å². The average Bonchev–Trinajstić information content (AvgIpc) is 2.22.